The first-order chi connectivity index (χ1) is 10.2. The van der Waals surface area contributed by atoms with Crippen LogP contribution in [0.4, 0.5) is 0 Å². The van der Waals surface area contributed by atoms with Gasteiger partial charge in [-0.2, -0.15) is 0 Å². The van der Waals surface area contributed by atoms with E-state index in [1.54, 1.807) is 14.2 Å². The van der Waals surface area contributed by atoms with Crippen molar-refractivity contribution in [2.75, 3.05) is 14.2 Å². The number of rotatable bonds is 4. The fourth-order valence-electron chi connectivity index (χ4n) is 4.19. The number of fused-ring (bicyclic) bond motifs is 1. The topological polar surface area (TPSA) is 35.1 Å². The van der Waals surface area contributed by atoms with Crippen LogP contribution in [-0.2, 0) is 6.42 Å². The highest BCUT2D eigenvalue weighted by Crippen LogP contribution is 2.40. The Hall–Kier alpha value is -1.48. The van der Waals surface area contributed by atoms with Crippen molar-refractivity contribution in [3.63, 3.8) is 0 Å². The number of methoxy groups -OCH3 is 2. The van der Waals surface area contributed by atoms with Crippen LogP contribution in [0.3, 0.4) is 0 Å². The Bertz CT molecular complexity index is 532. The summed E-state index contributed by atoms with van der Waals surface area (Å²) in [4.78, 5) is 0. The Labute approximate surface area is 127 Å². The molecule has 1 aromatic rings. The standard InChI is InChI=1S/C18H25NO2/c1-4-7-15-14-11-17(21-3)16(20-2)10-13(14)12-18(19-15)8-5-6-9-18/h4,10-11,15,19H,1,5-9,12H2,2-3H3/p+1/t15-/m0/s1. The van der Waals surface area contributed by atoms with Crippen LogP contribution in [-0.4, -0.2) is 19.8 Å². The summed E-state index contributed by atoms with van der Waals surface area (Å²) in [6.45, 7) is 3.94. The van der Waals surface area contributed by atoms with Gasteiger partial charge < -0.3 is 14.8 Å². The van der Waals surface area contributed by atoms with Crippen LogP contribution in [0.1, 0.15) is 49.3 Å². The number of quaternary nitrogens is 1. The normalized spacial score (nSPS) is 22.9. The first-order valence-corrected chi connectivity index (χ1v) is 7.93. The summed E-state index contributed by atoms with van der Waals surface area (Å²) in [7, 11) is 3.42. The minimum absolute atomic E-state index is 0.403. The zero-order chi connectivity index (χ0) is 14.9. The molecule has 1 heterocycles. The second-order valence-corrected chi connectivity index (χ2v) is 6.45. The van der Waals surface area contributed by atoms with E-state index in [9.17, 15) is 0 Å². The average Bonchev–Trinajstić information content (AvgIpc) is 2.94. The SMILES string of the molecule is C=CC[C@@H]1[NH2+]C2(CCCC2)Cc2cc(OC)c(OC)cc21. The highest BCUT2D eigenvalue weighted by Gasteiger charge is 2.44. The van der Waals surface area contributed by atoms with Gasteiger partial charge in [-0.25, -0.2) is 0 Å². The predicted octanol–water partition coefficient (Wildman–Crippen LogP) is 2.75. The van der Waals surface area contributed by atoms with Crippen LogP contribution in [0, 0.1) is 0 Å². The smallest absolute Gasteiger partial charge is 0.161 e. The van der Waals surface area contributed by atoms with Crippen LogP contribution in [0.5, 0.6) is 11.5 Å². The Morgan fingerprint density at radius 1 is 1.24 bits per heavy atom. The molecule has 2 N–H and O–H groups in total. The van der Waals surface area contributed by atoms with E-state index < -0.39 is 0 Å². The second kappa shape index (κ2) is 5.72. The molecule has 3 rings (SSSR count). The summed E-state index contributed by atoms with van der Waals surface area (Å²) in [6, 6.07) is 4.82. The zero-order valence-electron chi connectivity index (χ0n) is 13.2. The monoisotopic (exact) mass is 288 g/mol. The van der Waals surface area contributed by atoms with Gasteiger partial charge in [0.2, 0.25) is 0 Å². The molecule has 3 heteroatoms. The van der Waals surface area contributed by atoms with Crippen molar-refractivity contribution in [2.45, 2.75) is 50.1 Å². The molecule has 0 unspecified atom stereocenters. The Balaban J connectivity index is 2.04. The molecular formula is C18H26NO2+. The van der Waals surface area contributed by atoms with E-state index in [1.165, 1.54) is 36.8 Å². The molecule has 3 nitrogen and oxygen atoms in total. The first-order valence-electron chi connectivity index (χ1n) is 7.93. The maximum atomic E-state index is 5.49. The molecule has 0 radical (unpaired) electrons. The zero-order valence-corrected chi connectivity index (χ0v) is 13.2. The second-order valence-electron chi connectivity index (χ2n) is 6.45. The van der Waals surface area contributed by atoms with Crippen LogP contribution in [0.25, 0.3) is 0 Å². The molecule has 0 aromatic heterocycles. The molecule has 21 heavy (non-hydrogen) atoms. The van der Waals surface area contributed by atoms with Gasteiger partial charge in [0.1, 0.15) is 11.6 Å². The summed E-state index contributed by atoms with van der Waals surface area (Å²) in [5, 5.41) is 2.61. The van der Waals surface area contributed by atoms with Gasteiger partial charge in [0.15, 0.2) is 11.5 Å². The summed E-state index contributed by atoms with van der Waals surface area (Å²) in [5.74, 6) is 1.68. The summed E-state index contributed by atoms with van der Waals surface area (Å²) < 4.78 is 11.0. The van der Waals surface area contributed by atoms with E-state index >= 15 is 0 Å². The van der Waals surface area contributed by atoms with Crippen molar-refractivity contribution in [1.29, 1.82) is 0 Å². The quantitative estimate of drug-likeness (QED) is 0.865. The summed E-state index contributed by atoms with van der Waals surface area (Å²) in [5.41, 5.74) is 3.23. The van der Waals surface area contributed by atoms with E-state index in [4.69, 9.17) is 9.47 Å². The van der Waals surface area contributed by atoms with Crippen molar-refractivity contribution >= 4 is 0 Å². The molecule has 0 bridgehead atoms. The molecule has 1 saturated carbocycles. The van der Waals surface area contributed by atoms with Gasteiger partial charge in [0.05, 0.1) is 14.2 Å². The van der Waals surface area contributed by atoms with Gasteiger partial charge in [0.25, 0.3) is 0 Å². The molecule has 1 fully saturated rings. The van der Waals surface area contributed by atoms with Gasteiger partial charge in [-0.3, -0.25) is 0 Å². The highest BCUT2D eigenvalue weighted by atomic mass is 16.5. The number of nitrogens with two attached hydrogens (primary N) is 1. The lowest BCUT2D eigenvalue weighted by molar-refractivity contribution is -0.765. The number of hydrogen-bond donors (Lipinski definition) is 1. The number of hydrogen-bond acceptors (Lipinski definition) is 2. The van der Waals surface area contributed by atoms with Crippen molar-refractivity contribution in [3.05, 3.63) is 35.9 Å². The van der Waals surface area contributed by atoms with Crippen molar-refractivity contribution in [3.8, 4) is 11.5 Å². The Morgan fingerprint density at radius 2 is 1.90 bits per heavy atom. The molecule has 114 valence electrons. The lowest BCUT2D eigenvalue weighted by Crippen LogP contribution is -2.98. The van der Waals surface area contributed by atoms with Gasteiger partial charge >= 0.3 is 0 Å². The average molecular weight is 288 g/mol. The fourth-order valence-corrected chi connectivity index (χ4v) is 4.19. The van der Waals surface area contributed by atoms with Crippen molar-refractivity contribution < 1.29 is 14.8 Å². The van der Waals surface area contributed by atoms with Crippen LogP contribution in [0.2, 0.25) is 0 Å². The molecule has 0 amide bonds. The lowest BCUT2D eigenvalue weighted by atomic mass is 9.79. The third-order valence-electron chi connectivity index (χ3n) is 5.16. The minimum atomic E-state index is 0.403. The summed E-state index contributed by atoms with van der Waals surface area (Å²) >= 11 is 0. The summed E-state index contributed by atoms with van der Waals surface area (Å²) in [6.07, 6.45) is 9.57. The molecule has 1 aliphatic carbocycles. The van der Waals surface area contributed by atoms with Gasteiger partial charge in [0, 0.05) is 31.2 Å². The van der Waals surface area contributed by atoms with Crippen molar-refractivity contribution in [2.24, 2.45) is 0 Å². The largest absolute Gasteiger partial charge is 0.493 e. The van der Waals surface area contributed by atoms with E-state index in [2.05, 4.69) is 24.0 Å². The predicted molar refractivity (Wildman–Crippen MR) is 83.9 cm³/mol. The first kappa shape index (κ1) is 14.5. The fraction of sp³-hybridized carbons (Fsp3) is 0.556. The molecule has 1 spiro atoms. The van der Waals surface area contributed by atoms with Crippen molar-refractivity contribution in [1.82, 2.24) is 0 Å². The Morgan fingerprint density at radius 3 is 2.52 bits per heavy atom. The van der Waals surface area contributed by atoms with E-state index in [0.29, 0.717) is 11.6 Å². The van der Waals surface area contributed by atoms with E-state index in [1.807, 2.05) is 6.08 Å². The van der Waals surface area contributed by atoms with Crippen LogP contribution >= 0.6 is 0 Å². The van der Waals surface area contributed by atoms with E-state index in [-0.39, 0.29) is 0 Å². The third-order valence-corrected chi connectivity index (χ3v) is 5.16. The molecule has 1 aromatic carbocycles. The third kappa shape index (κ3) is 2.55. The van der Waals surface area contributed by atoms with Gasteiger partial charge in [-0.1, -0.05) is 6.08 Å². The maximum Gasteiger partial charge on any atom is 0.161 e. The molecule has 2 aliphatic rings. The van der Waals surface area contributed by atoms with Crippen LogP contribution < -0.4 is 14.8 Å². The molecule has 1 atom stereocenters. The minimum Gasteiger partial charge on any atom is -0.493 e. The van der Waals surface area contributed by atoms with Gasteiger partial charge in [-0.05, 0) is 30.5 Å². The molecular weight excluding hydrogens is 262 g/mol. The van der Waals surface area contributed by atoms with Gasteiger partial charge in [-0.15, -0.1) is 6.58 Å². The Kier molecular flexibility index (Phi) is 3.94. The maximum absolute atomic E-state index is 5.49. The van der Waals surface area contributed by atoms with Crippen LogP contribution in [0.15, 0.2) is 24.8 Å². The molecule has 1 aliphatic heterocycles. The molecule has 0 saturated heterocycles. The lowest BCUT2D eigenvalue weighted by Gasteiger charge is -2.38. The van der Waals surface area contributed by atoms with E-state index in [0.717, 1.165) is 24.3 Å². The number of benzene rings is 1. The highest BCUT2D eigenvalue weighted by molar-refractivity contribution is 5.49. The number of ether oxygens (including phenoxy) is 2.